The molecule has 0 radical (unpaired) electrons. The fourth-order valence-electron chi connectivity index (χ4n) is 4.89. The summed E-state index contributed by atoms with van der Waals surface area (Å²) in [5, 5.41) is 2.52. The number of methoxy groups -OCH3 is 1. The van der Waals surface area contributed by atoms with Crippen molar-refractivity contribution in [1.82, 2.24) is 10.2 Å². The number of carbonyl (C=O) groups excluding carboxylic acids is 1. The van der Waals surface area contributed by atoms with Gasteiger partial charge in [0.1, 0.15) is 5.75 Å². The third-order valence-electron chi connectivity index (χ3n) is 6.87. The van der Waals surface area contributed by atoms with Crippen molar-refractivity contribution in [3.05, 3.63) is 65.2 Å². The van der Waals surface area contributed by atoms with Crippen molar-refractivity contribution in [1.29, 1.82) is 0 Å². The van der Waals surface area contributed by atoms with E-state index in [9.17, 15) is 13.2 Å². The van der Waals surface area contributed by atoms with E-state index in [-0.39, 0.29) is 17.7 Å². The summed E-state index contributed by atoms with van der Waals surface area (Å²) in [5.41, 5.74) is 8.93. The minimum Gasteiger partial charge on any atom is -0.493 e. The van der Waals surface area contributed by atoms with E-state index < -0.39 is 27.2 Å². The Kier molecular flexibility index (Phi) is 10.5. The lowest BCUT2D eigenvalue weighted by Crippen LogP contribution is -2.56. The number of aryl methyl sites for hydroxylation is 1. The zero-order valence-electron chi connectivity index (χ0n) is 22.4. The van der Waals surface area contributed by atoms with E-state index in [1.807, 2.05) is 57.2 Å². The summed E-state index contributed by atoms with van der Waals surface area (Å²) in [6, 6.07) is 14.4. The molecular weight excluding hydrogens is 490 g/mol. The Hall–Kier alpha value is -2.46. The summed E-state index contributed by atoms with van der Waals surface area (Å²) in [6.07, 6.45) is 0.750. The van der Waals surface area contributed by atoms with Gasteiger partial charge in [-0.05, 0) is 43.5 Å². The van der Waals surface area contributed by atoms with Gasteiger partial charge in [0, 0.05) is 50.8 Å². The van der Waals surface area contributed by atoms with Crippen LogP contribution in [0.1, 0.15) is 48.7 Å². The second-order valence-electron chi connectivity index (χ2n) is 9.82. The van der Waals surface area contributed by atoms with Gasteiger partial charge >= 0.3 is 0 Å². The third kappa shape index (κ3) is 7.31. The van der Waals surface area contributed by atoms with Crippen LogP contribution in [-0.4, -0.2) is 70.1 Å². The molecule has 0 bridgehead atoms. The molecule has 1 heterocycles. The summed E-state index contributed by atoms with van der Waals surface area (Å²) in [6.45, 7) is 7.67. The van der Waals surface area contributed by atoms with Gasteiger partial charge < -0.3 is 25.4 Å². The maximum atomic E-state index is 13.8. The maximum absolute atomic E-state index is 13.8. The molecule has 1 amide bonds. The number of hydrogen-bond acceptors (Lipinski definition) is 7. The molecule has 1 aliphatic rings. The first-order valence-corrected chi connectivity index (χ1v) is 14.7. The first-order chi connectivity index (χ1) is 17.7. The van der Waals surface area contributed by atoms with Crippen LogP contribution in [0.25, 0.3) is 0 Å². The van der Waals surface area contributed by atoms with Crippen LogP contribution in [0.15, 0.2) is 48.5 Å². The number of nitrogens with one attached hydrogen (secondary N) is 1. The maximum Gasteiger partial charge on any atom is 0.255 e. The summed E-state index contributed by atoms with van der Waals surface area (Å²) >= 11 is 0. The van der Waals surface area contributed by atoms with E-state index in [0.717, 1.165) is 24.0 Å². The van der Waals surface area contributed by atoms with Gasteiger partial charge in [-0.15, -0.1) is 0 Å². The van der Waals surface area contributed by atoms with Crippen LogP contribution in [0.4, 0.5) is 0 Å². The molecule has 0 aliphatic carbocycles. The topological polar surface area (TPSA) is 111 Å². The van der Waals surface area contributed by atoms with Crippen LogP contribution in [0.5, 0.6) is 5.75 Å². The number of nitrogens with two attached hydrogens (primary N) is 1. The number of ether oxygens (including phenoxy) is 2. The second-order valence-corrected chi connectivity index (χ2v) is 12.0. The first-order valence-electron chi connectivity index (χ1n) is 13.0. The predicted octanol–water partition coefficient (Wildman–Crippen LogP) is 3.00. The molecule has 0 spiro atoms. The van der Waals surface area contributed by atoms with Crippen LogP contribution >= 0.6 is 0 Å². The van der Waals surface area contributed by atoms with Crippen molar-refractivity contribution < 1.29 is 22.7 Å². The largest absolute Gasteiger partial charge is 0.493 e. The van der Waals surface area contributed by atoms with Gasteiger partial charge in [-0.2, -0.15) is 0 Å². The van der Waals surface area contributed by atoms with Crippen molar-refractivity contribution in [2.24, 2.45) is 11.7 Å². The van der Waals surface area contributed by atoms with Gasteiger partial charge in [0.2, 0.25) is 0 Å². The van der Waals surface area contributed by atoms with Crippen LogP contribution in [0.2, 0.25) is 0 Å². The molecule has 204 valence electrons. The number of nitrogens with zero attached hydrogens (tertiary/aromatic N) is 1. The average molecular weight is 532 g/mol. The molecular formula is C28H41N3O5S. The number of hydrogen-bond donors (Lipinski definition) is 2. The summed E-state index contributed by atoms with van der Waals surface area (Å²) < 4.78 is 37.8. The molecule has 1 fully saturated rings. The van der Waals surface area contributed by atoms with Gasteiger partial charge in [0.05, 0.1) is 23.8 Å². The van der Waals surface area contributed by atoms with Gasteiger partial charge in [0.15, 0.2) is 9.84 Å². The lowest BCUT2D eigenvalue weighted by molar-refractivity contribution is 0.0543. The second kappa shape index (κ2) is 13.4. The zero-order chi connectivity index (χ0) is 27.0. The molecule has 1 saturated heterocycles. The lowest BCUT2D eigenvalue weighted by atomic mass is 10.0. The number of sulfone groups is 1. The number of amides is 1. The fourth-order valence-corrected chi connectivity index (χ4v) is 6.92. The van der Waals surface area contributed by atoms with Crippen molar-refractivity contribution in [3.63, 3.8) is 0 Å². The molecule has 1 aliphatic heterocycles. The number of benzene rings is 2. The molecule has 9 heteroatoms. The average Bonchev–Trinajstić information content (AvgIpc) is 3.38. The van der Waals surface area contributed by atoms with E-state index in [1.54, 1.807) is 24.1 Å². The quantitative estimate of drug-likeness (QED) is 0.302. The van der Waals surface area contributed by atoms with Crippen molar-refractivity contribution in [2.45, 2.75) is 56.8 Å². The molecule has 8 nitrogen and oxygen atoms in total. The van der Waals surface area contributed by atoms with Gasteiger partial charge in [-0.25, -0.2) is 8.42 Å². The first kappa shape index (κ1) is 29.1. The van der Waals surface area contributed by atoms with Gasteiger partial charge in [0.25, 0.3) is 5.91 Å². The zero-order valence-corrected chi connectivity index (χ0v) is 23.2. The highest BCUT2D eigenvalue weighted by molar-refractivity contribution is 7.91. The third-order valence-corrected chi connectivity index (χ3v) is 9.05. The number of rotatable bonds is 13. The van der Waals surface area contributed by atoms with Crippen molar-refractivity contribution in [3.8, 4) is 5.75 Å². The molecule has 3 rings (SSSR count). The van der Waals surface area contributed by atoms with E-state index in [4.69, 9.17) is 15.2 Å². The Morgan fingerprint density at radius 2 is 1.86 bits per heavy atom. The Bertz CT molecular complexity index is 1120. The highest BCUT2D eigenvalue weighted by Crippen LogP contribution is 2.28. The molecule has 37 heavy (non-hydrogen) atoms. The van der Waals surface area contributed by atoms with Crippen LogP contribution in [0, 0.1) is 5.92 Å². The lowest BCUT2D eigenvalue weighted by Gasteiger charge is -2.37. The highest BCUT2D eigenvalue weighted by atomic mass is 32.2. The van der Waals surface area contributed by atoms with Crippen LogP contribution < -0.4 is 15.8 Å². The van der Waals surface area contributed by atoms with Crippen molar-refractivity contribution in [2.75, 3.05) is 33.4 Å². The minimum atomic E-state index is -3.50. The molecule has 2 aromatic rings. The molecule has 3 atom stereocenters. The Morgan fingerprint density at radius 3 is 2.51 bits per heavy atom. The minimum absolute atomic E-state index is 0.0543. The number of carbonyl (C=O) groups is 1. The normalized spacial score (nSPS) is 18.6. The highest BCUT2D eigenvalue weighted by Gasteiger charge is 2.43. The molecule has 2 aromatic carbocycles. The molecule has 0 aromatic heterocycles. The van der Waals surface area contributed by atoms with Crippen LogP contribution in [-0.2, 0) is 26.7 Å². The van der Waals surface area contributed by atoms with E-state index >= 15 is 0 Å². The van der Waals surface area contributed by atoms with Gasteiger partial charge in [-0.3, -0.25) is 4.79 Å². The molecule has 3 N–H and O–H groups in total. The standard InChI is InChI=1S/C28H41N3O5S/c1-5-22-12-13-23(16-25(22)36-15-9-14-35-4)28(32)31(20(2)3)27(29)24-17-30-18-26(24)37(33,34)19-21-10-7-6-8-11-21/h6-8,10-13,16,20,24,26-27,30H,5,9,14-15,17-19,29H2,1-4H3/t24-,26-,27?/m1/s1. The Morgan fingerprint density at radius 1 is 1.14 bits per heavy atom. The van der Waals surface area contributed by atoms with E-state index in [2.05, 4.69) is 5.32 Å². The Balaban J connectivity index is 1.82. The SMILES string of the molecule is CCc1ccc(C(=O)N(C(C)C)C(N)[C@@H]2CNC[C@H]2S(=O)(=O)Cc2ccccc2)cc1OCCCOC. The van der Waals surface area contributed by atoms with E-state index in [1.165, 1.54) is 0 Å². The summed E-state index contributed by atoms with van der Waals surface area (Å²) in [4.78, 5) is 15.4. The smallest absolute Gasteiger partial charge is 0.255 e. The van der Waals surface area contributed by atoms with Crippen LogP contribution in [0.3, 0.4) is 0 Å². The summed E-state index contributed by atoms with van der Waals surface area (Å²) in [5.74, 6) is -0.0494. The van der Waals surface area contributed by atoms with E-state index in [0.29, 0.717) is 37.6 Å². The molecule has 0 saturated carbocycles. The predicted molar refractivity (Wildman–Crippen MR) is 146 cm³/mol. The fraction of sp³-hybridized carbons (Fsp3) is 0.536. The summed E-state index contributed by atoms with van der Waals surface area (Å²) in [7, 11) is -1.85. The molecule has 1 unspecified atom stereocenters. The van der Waals surface area contributed by atoms with Crippen molar-refractivity contribution >= 4 is 15.7 Å². The Labute approximate surface area is 221 Å². The monoisotopic (exact) mass is 531 g/mol. The van der Waals surface area contributed by atoms with Gasteiger partial charge in [-0.1, -0.05) is 43.3 Å².